The average Bonchev–Trinajstić information content (AvgIpc) is 2.81. The molecule has 1 amide bonds. The highest BCUT2D eigenvalue weighted by atomic mass is 35.5. The molecule has 1 unspecified atom stereocenters. The summed E-state index contributed by atoms with van der Waals surface area (Å²) < 4.78 is 5.47. The lowest BCUT2D eigenvalue weighted by Crippen LogP contribution is -2.30. The van der Waals surface area contributed by atoms with E-state index in [1.54, 1.807) is 42.7 Å². The Kier molecular flexibility index (Phi) is 6.35. The van der Waals surface area contributed by atoms with Gasteiger partial charge in [-0.3, -0.25) is 9.78 Å². The molecule has 8 heteroatoms. The van der Waals surface area contributed by atoms with Crippen molar-refractivity contribution in [3.63, 3.8) is 0 Å². The van der Waals surface area contributed by atoms with E-state index < -0.39 is 18.0 Å². The van der Waals surface area contributed by atoms with Crippen molar-refractivity contribution < 1.29 is 14.3 Å². The van der Waals surface area contributed by atoms with E-state index in [0.717, 1.165) is 5.56 Å². The Bertz CT molecular complexity index is 1310. The summed E-state index contributed by atoms with van der Waals surface area (Å²) in [6.07, 6.45) is 2.25. The third-order valence-corrected chi connectivity index (χ3v) is 5.30. The molecule has 0 aliphatic heterocycles. The van der Waals surface area contributed by atoms with Crippen LogP contribution in [0.3, 0.4) is 0 Å². The Morgan fingerprint density at radius 1 is 1.03 bits per heavy atom. The van der Waals surface area contributed by atoms with Gasteiger partial charge in [0.1, 0.15) is 0 Å². The first-order valence-electron chi connectivity index (χ1n) is 9.69. The van der Waals surface area contributed by atoms with Crippen LogP contribution in [0, 0.1) is 0 Å². The topological polar surface area (TPSA) is 81.2 Å². The minimum absolute atomic E-state index is 0.301. The molecule has 2 aromatic heterocycles. The fourth-order valence-corrected chi connectivity index (χ4v) is 3.45. The lowest BCUT2D eigenvalue weighted by Gasteiger charge is -2.15. The Morgan fingerprint density at radius 2 is 1.84 bits per heavy atom. The predicted molar refractivity (Wildman–Crippen MR) is 125 cm³/mol. The van der Waals surface area contributed by atoms with Crippen LogP contribution in [0.25, 0.3) is 22.2 Å². The molecule has 0 aliphatic rings. The van der Waals surface area contributed by atoms with Gasteiger partial charge in [-0.15, -0.1) is 0 Å². The highest BCUT2D eigenvalue weighted by molar-refractivity contribution is 6.35. The molecule has 0 fully saturated rings. The number of pyridine rings is 2. The molecule has 0 saturated heterocycles. The molecule has 1 atom stereocenters. The van der Waals surface area contributed by atoms with Gasteiger partial charge < -0.3 is 10.1 Å². The lowest BCUT2D eigenvalue weighted by atomic mass is 10.0. The molecule has 0 radical (unpaired) electrons. The number of ether oxygens (including phenoxy) is 1. The van der Waals surface area contributed by atoms with E-state index in [9.17, 15) is 9.59 Å². The zero-order valence-electron chi connectivity index (χ0n) is 16.9. The second-order valence-corrected chi connectivity index (χ2v) is 7.82. The maximum Gasteiger partial charge on any atom is 0.339 e. The van der Waals surface area contributed by atoms with E-state index in [1.807, 2.05) is 24.3 Å². The molecule has 0 bridgehead atoms. The summed E-state index contributed by atoms with van der Waals surface area (Å²) in [7, 11) is 0. The monoisotopic (exact) mass is 465 g/mol. The number of fused-ring (bicyclic) bond motifs is 1. The van der Waals surface area contributed by atoms with Gasteiger partial charge in [-0.1, -0.05) is 41.4 Å². The zero-order valence-corrected chi connectivity index (χ0v) is 18.4. The van der Waals surface area contributed by atoms with Crippen molar-refractivity contribution in [2.75, 3.05) is 5.32 Å². The summed E-state index contributed by atoms with van der Waals surface area (Å²) >= 11 is 12.1. The molecule has 2 heterocycles. The number of aromatic nitrogens is 2. The summed E-state index contributed by atoms with van der Waals surface area (Å²) in [5.41, 5.74) is 2.60. The van der Waals surface area contributed by atoms with Crippen molar-refractivity contribution in [3.05, 3.63) is 88.7 Å². The molecular weight excluding hydrogens is 449 g/mol. The van der Waals surface area contributed by atoms with Gasteiger partial charge in [-0.05, 0) is 49.4 Å². The van der Waals surface area contributed by atoms with E-state index in [4.69, 9.17) is 27.9 Å². The highest BCUT2D eigenvalue weighted by Gasteiger charge is 2.22. The maximum atomic E-state index is 13.0. The first-order chi connectivity index (χ1) is 15.4. The van der Waals surface area contributed by atoms with Crippen LogP contribution in [-0.4, -0.2) is 27.9 Å². The minimum atomic E-state index is -1.08. The predicted octanol–water partition coefficient (Wildman–Crippen LogP) is 5.79. The van der Waals surface area contributed by atoms with Gasteiger partial charge in [0.2, 0.25) is 0 Å². The number of hydrogen-bond donors (Lipinski definition) is 1. The average molecular weight is 466 g/mol. The van der Waals surface area contributed by atoms with E-state index in [0.29, 0.717) is 37.9 Å². The van der Waals surface area contributed by atoms with Crippen molar-refractivity contribution in [2.45, 2.75) is 13.0 Å². The highest BCUT2D eigenvalue weighted by Crippen LogP contribution is 2.27. The molecular formula is C24H17Cl2N3O3. The van der Waals surface area contributed by atoms with Crippen LogP contribution in [-0.2, 0) is 9.53 Å². The molecule has 0 aliphatic carbocycles. The van der Waals surface area contributed by atoms with Crippen LogP contribution >= 0.6 is 23.2 Å². The Morgan fingerprint density at radius 3 is 2.62 bits per heavy atom. The van der Waals surface area contributed by atoms with Crippen LogP contribution in [0.15, 0.2) is 73.1 Å². The third kappa shape index (κ3) is 4.72. The van der Waals surface area contributed by atoms with Crippen molar-refractivity contribution in [2.24, 2.45) is 0 Å². The van der Waals surface area contributed by atoms with Crippen LogP contribution in [0.2, 0.25) is 10.0 Å². The molecule has 160 valence electrons. The normalized spacial score (nSPS) is 11.7. The number of nitrogens with one attached hydrogen (secondary N) is 1. The number of hydrogen-bond acceptors (Lipinski definition) is 5. The Labute approximate surface area is 194 Å². The first kappa shape index (κ1) is 21.7. The van der Waals surface area contributed by atoms with Crippen molar-refractivity contribution >= 4 is 51.7 Å². The summed E-state index contributed by atoms with van der Waals surface area (Å²) in [5.74, 6) is -1.18. The van der Waals surface area contributed by atoms with Gasteiger partial charge in [-0.25, -0.2) is 9.78 Å². The second kappa shape index (κ2) is 9.34. The molecule has 32 heavy (non-hydrogen) atoms. The SMILES string of the molecule is CC(OC(=O)c1cc(-c2cccnc2)nc2ccccc12)C(=O)Nc1cc(Cl)ccc1Cl. The van der Waals surface area contributed by atoms with Gasteiger partial charge in [0.05, 0.1) is 27.5 Å². The van der Waals surface area contributed by atoms with Gasteiger partial charge in [0.25, 0.3) is 5.91 Å². The quantitative estimate of drug-likeness (QED) is 0.377. The van der Waals surface area contributed by atoms with E-state index >= 15 is 0 Å². The van der Waals surface area contributed by atoms with E-state index in [1.165, 1.54) is 13.0 Å². The van der Waals surface area contributed by atoms with Crippen molar-refractivity contribution in [3.8, 4) is 11.3 Å². The fraction of sp³-hybridized carbons (Fsp3) is 0.0833. The number of anilines is 1. The van der Waals surface area contributed by atoms with Crippen molar-refractivity contribution in [1.29, 1.82) is 0 Å². The number of nitrogens with zero attached hydrogens (tertiary/aromatic N) is 2. The zero-order chi connectivity index (χ0) is 22.7. The first-order valence-corrected chi connectivity index (χ1v) is 10.4. The number of carbonyl (C=O) groups is 2. The molecule has 0 saturated carbocycles. The smallest absolute Gasteiger partial charge is 0.339 e. The largest absolute Gasteiger partial charge is 0.449 e. The summed E-state index contributed by atoms with van der Waals surface area (Å²) in [6, 6.07) is 17.2. The van der Waals surface area contributed by atoms with Crippen LogP contribution in [0.4, 0.5) is 5.69 Å². The molecule has 6 nitrogen and oxygen atoms in total. The van der Waals surface area contributed by atoms with Gasteiger partial charge in [0, 0.05) is 28.4 Å². The summed E-state index contributed by atoms with van der Waals surface area (Å²) in [6.45, 7) is 1.48. The number of benzene rings is 2. The number of amides is 1. The summed E-state index contributed by atoms with van der Waals surface area (Å²) in [4.78, 5) is 34.4. The van der Waals surface area contributed by atoms with Crippen LogP contribution in [0.5, 0.6) is 0 Å². The number of rotatable bonds is 5. The Balaban J connectivity index is 1.60. The van der Waals surface area contributed by atoms with E-state index in [2.05, 4.69) is 15.3 Å². The number of halogens is 2. The van der Waals surface area contributed by atoms with Gasteiger partial charge >= 0.3 is 5.97 Å². The fourth-order valence-electron chi connectivity index (χ4n) is 3.11. The van der Waals surface area contributed by atoms with Gasteiger partial charge in [-0.2, -0.15) is 0 Å². The number of esters is 1. The summed E-state index contributed by atoms with van der Waals surface area (Å²) in [5, 5.41) is 3.99. The molecule has 4 rings (SSSR count). The second-order valence-electron chi connectivity index (χ2n) is 6.97. The molecule has 4 aromatic rings. The molecule has 2 aromatic carbocycles. The molecule has 1 N–H and O–H groups in total. The molecule has 0 spiro atoms. The minimum Gasteiger partial charge on any atom is -0.449 e. The van der Waals surface area contributed by atoms with Crippen LogP contribution < -0.4 is 5.32 Å². The lowest BCUT2D eigenvalue weighted by molar-refractivity contribution is -0.123. The standard InChI is InChI=1S/C24H17Cl2N3O3/c1-14(23(30)29-22-11-16(25)8-9-19(22)26)32-24(31)18-12-21(15-5-4-10-27-13-15)28-20-7-3-2-6-17(18)20/h2-14H,1H3,(H,29,30). The third-order valence-electron chi connectivity index (χ3n) is 4.73. The Hall–Kier alpha value is -3.48. The van der Waals surface area contributed by atoms with E-state index in [-0.39, 0.29) is 0 Å². The van der Waals surface area contributed by atoms with Gasteiger partial charge in [0.15, 0.2) is 6.10 Å². The van der Waals surface area contributed by atoms with Crippen LogP contribution in [0.1, 0.15) is 17.3 Å². The van der Waals surface area contributed by atoms with Crippen molar-refractivity contribution in [1.82, 2.24) is 9.97 Å². The number of para-hydroxylation sites is 1. The number of carbonyl (C=O) groups excluding carboxylic acids is 2. The maximum absolute atomic E-state index is 13.0.